The minimum Gasteiger partial charge on any atom is -0.409 e. The Morgan fingerprint density at radius 1 is 1.38 bits per heavy atom. The molecule has 0 spiro atoms. The third-order valence-corrected chi connectivity index (χ3v) is 7.73. The standard InChI is InChI=1S/C12H27NO2Si/c1-7-8-11(10(13)9-14)15-16(5,6)12(2,3)4/h7-8,10-11,14H,9,13H2,1-6H3/b8-7+/t10-,11+/m0/s1. The van der Waals surface area contributed by atoms with Crippen LogP contribution in [0.2, 0.25) is 18.1 Å². The number of hydrogen-bond donors (Lipinski definition) is 2. The van der Waals surface area contributed by atoms with Gasteiger partial charge in [0.05, 0.1) is 18.8 Å². The van der Waals surface area contributed by atoms with E-state index in [2.05, 4.69) is 33.9 Å². The Morgan fingerprint density at radius 3 is 2.19 bits per heavy atom. The van der Waals surface area contributed by atoms with Crippen LogP contribution in [0.5, 0.6) is 0 Å². The smallest absolute Gasteiger partial charge is 0.192 e. The molecule has 0 rings (SSSR count). The number of aliphatic hydroxyl groups is 1. The molecule has 0 saturated heterocycles. The maximum Gasteiger partial charge on any atom is 0.192 e. The van der Waals surface area contributed by atoms with Crippen LogP contribution in [0.3, 0.4) is 0 Å². The summed E-state index contributed by atoms with van der Waals surface area (Å²) in [7, 11) is -1.83. The van der Waals surface area contributed by atoms with E-state index >= 15 is 0 Å². The number of nitrogens with two attached hydrogens (primary N) is 1. The molecule has 0 aliphatic carbocycles. The zero-order valence-electron chi connectivity index (χ0n) is 11.4. The molecule has 0 aliphatic heterocycles. The molecule has 0 aromatic carbocycles. The summed E-state index contributed by atoms with van der Waals surface area (Å²) < 4.78 is 6.16. The first-order valence-electron chi connectivity index (χ1n) is 5.82. The van der Waals surface area contributed by atoms with Gasteiger partial charge in [0.15, 0.2) is 8.32 Å². The average Bonchev–Trinajstić information content (AvgIpc) is 2.14. The van der Waals surface area contributed by atoms with E-state index in [9.17, 15) is 0 Å². The second-order valence-corrected chi connectivity index (χ2v) is 10.5. The van der Waals surface area contributed by atoms with Crippen molar-refractivity contribution in [3.8, 4) is 0 Å². The number of allylic oxidation sites excluding steroid dienone is 1. The van der Waals surface area contributed by atoms with Gasteiger partial charge in [-0.15, -0.1) is 0 Å². The van der Waals surface area contributed by atoms with Crippen molar-refractivity contribution in [2.45, 2.75) is 58.0 Å². The Labute approximate surface area is 101 Å². The minimum absolute atomic E-state index is 0.0520. The van der Waals surface area contributed by atoms with Gasteiger partial charge >= 0.3 is 0 Å². The monoisotopic (exact) mass is 245 g/mol. The molecule has 0 aromatic rings. The Hall–Kier alpha value is -0.163. The molecule has 0 amide bonds. The topological polar surface area (TPSA) is 55.5 Å². The van der Waals surface area contributed by atoms with Crippen LogP contribution < -0.4 is 5.73 Å². The summed E-state index contributed by atoms with van der Waals surface area (Å²) in [6.07, 6.45) is 3.67. The van der Waals surface area contributed by atoms with Gasteiger partial charge in [-0.2, -0.15) is 0 Å². The normalized spacial score (nSPS) is 17.8. The highest BCUT2D eigenvalue weighted by Gasteiger charge is 2.39. The molecule has 16 heavy (non-hydrogen) atoms. The van der Waals surface area contributed by atoms with Crippen LogP contribution in [0.4, 0.5) is 0 Å². The van der Waals surface area contributed by atoms with Crippen LogP contribution in [0.15, 0.2) is 12.2 Å². The Bertz CT molecular complexity index is 234. The van der Waals surface area contributed by atoms with E-state index < -0.39 is 8.32 Å². The van der Waals surface area contributed by atoms with Gasteiger partial charge in [-0.3, -0.25) is 0 Å². The van der Waals surface area contributed by atoms with E-state index in [0.717, 1.165) is 0 Å². The highest BCUT2D eigenvalue weighted by atomic mass is 28.4. The number of rotatable bonds is 5. The molecular weight excluding hydrogens is 218 g/mol. The highest BCUT2D eigenvalue weighted by Crippen LogP contribution is 2.37. The maximum absolute atomic E-state index is 9.11. The summed E-state index contributed by atoms with van der Waals surface area (Å²) in [5, 5.41) is 9.26. The summed E-state index contributed by atoms with van der Waals surface area (Å²) >= 11 is 0. The minimum atomic E-state index is -1.83. The molecule has 3 N–H and O–H groups in total. The van der Waals surface area contributed by atoms with Gasteiger partial charge in [0, 0.05) is 0 Å². The molecule has 0 saturated carbocycles. The fourth-order valence-electron chi connectivity index (χ4n) is 1.08. The molecule has 0 aromatic heterocycles. The van der Waals surface area contributed by atoms with Crippen molar-refractivity contribution >= 4 is 8.32 Å². The number of hydrogen-bond acceptors (Lipinski definition) is 3. The van der Waals surface area contributed by atoms with Crippen molar-refractivity contribution in [1.82, 2.24) is 0 Å². The first kappa shape index (κ1) is 15.8. The van der Waals surface area contributed by atoms with Crippen LogP contribution in [-0.4, -0.2) is 32.2 Å². The van der Waals surface area contributed by atoms with Gasteiger partial charge < -0.3 is 15.3 Å². The molecule has 0 heterocycles. The Morgan fingerprint density at radius 2 is 1.88 bits per heavy atom. The van der Waals surface area contributed by atoms with Crippen molar-refractivity contribution in [1.29, 1.82) is 0 Å². The van der Waals surface area contributed by atoms with Crippen molar-refractivity contribution < 1.29 is 9.53 Å². The van der Waals surface area contributed by atoms with E-state index in [1.54, 1.807) is 0 Å². The molecule has 0 bridgehead atoms. The average molecular weight is 245 g/mol. The predicted octanol–water partition coefficient (Wildman–Crippen LogP) is 2.27. The van der Waals surface area contributed by atoms with Gasteiger partial charge in [0.25, 0.3) is 0 Å². The molecule has 96 valence electrons. The lowest BCUT2D eigenvalue weighted by Gasteiger charge is -2.39. The van der Waals surface area contributed by atoms with Crippen molar-refractivity contribution in [2.24, 2.45) is 5.73 Å². The van der Waals surface area contributed by atoms with Crippen LogP contribution >= 0.6 is 0 Å². The zero-order chi connectivity index (χ0) is 13.0. The van der Waals surface area contributed by atoms with E-state index in [-0.39, 0.29) is 23.8 Å². The quantitative estimate of drug-likeness (QED) is 0.577. The summed E-state index contributed by atoms with van der Waals surface area (Å²) in [5.41, 5.74) is 5.85. The lowest BCUT2D eigenvalue weighted by molar-refractivity contribution is 0.149. The SMILES string of the molecule is C/C=C/[C@@H](O[Si](C)(C)C(C)(C)C)[C@@H](N)CO. The van der Waals surface area contributed by atoms with Gasteiger partial charge in [-0.05, 0) is 25.1 Å². The molecule has 0 radical (unpaired) electrons. The van der Waals surface area contributed by atoms with Crippen LogP contribution in [0.1, 0.15) is 27.7 Å². The third kappa shape index (κ3) is 4.37. The van der Waals surface area contributed by atoms with E-state index in [1.165, 1.54) is 0 Å². The molecule has 0 unspecified atom stereocenters. The summed E-state index contributed by atoms with van der Waals surface area (Å²) in [5.74, 6) is 0. The van der Waals surface area contributed by atoms with E-state index in [1.807, 2.05) is 19.1 Å². The fraction of sp³-hybridized carbons (Fsp3) is 0.833. The maximum atomic E-state index is 9.11. The lowest BCUT2D eigenvalue weighted by atomic mass is 10.2. The first-order valence-corrected chi connectivity index (χ1v) is 8.73. The third-order valence-electron chi connectivity index (χ3n) is 3.25. The summed E-state index contributed by atoms with van der Waals surface area (Å²) in [6.45, 7) is 12.8. The van der Waals surface area contributed by atoms with Gasteiger partial charge in [0.2, 0.25) is 0 Å². The molecule has 0 aliphatic rings. The zero-order valence-corrected chi connectivity index (χ0v) is 12.4. The summed E-state index contributed by atoms with van der Waals surface area (Å²) in [4.78, 5) is 0. The molecular formula is C12H27NO2Si. The van der Waals surface area contributed by atoms with Crippen molar-refractivity contribution in [3.05, 3.63) is 12.2 Å². The molecule has 4 heteroatoms. The van der Waals surface area contributed by atoms with Gasteiger partial charge in [0.1, 0.15) is 0 Å². The van der Waals surface area contributed by atoms with Crippen LogP contribution in [0, 0.1) is 0 Å². The second-order valence-electron chi connectivity index (χ2n) is 5.71. The fourth-order valence-corrected chi connectivity index (χ4v) is 2.37. The molecule has 0 fully saturated rings. The largest absolute Gasteiger partial charge is 0.409 e. The first-order chi connectivity index (χ1) is 7.15. The second kappa shape index (κ2) is 5.96. The lowest BCUT2D eigenvalue weighted by Crippen LogP contribution is -2.49. The van der Waals surface area contributed by atoms with Crippen molar-refractivity contribution in [3.63, 3.8) is 0 Å². The molecule has 3 nitrogen and oxygen atoms in total. The molecule has 2 atom stereocenters. The van der Waals surface area contributed by atoms with Crippen molar-refractivity contribution in [2.75, 3.05) is 6.61 Å². The van der Waals surface area contributed by atoms with Gasteiger partial charge in [-0.1, -0.05) is 32.9 Å². The van der Waals surface area contributed by atoms with E-state index in [4.69, 9.17) is 15.3 Å². The van der Waals surface area contributed by atoms with E-state index in [0.29, 0.717) is 0 Å². The number of aliphatic hydroxyl groups excluding tert-OH is 1. The van der Waals surface area contributed by atoms with Crippen LogP contribution in [0.25, 0.3) is 0 Å². The Kier molecular flexibility index (Phi) is 5.90. The predicted molar refractivity (Wildman–Crippen MR) is 71.9 cm³/mol. The summed E-state index contributed by atoms with van der Waals surface area (Å²) in [6, 6.07) is -0.342. The van der Waals surface area contributed by atoms with Crippen LogP contribution in [-0.2, 0) is 4.43 Å². The Balaban J connectivity index is 4.75. The van der Waals surface area contributed by atoms with Gasteiger partial charge in [-0.25, -0.2) is 0 Å². The highest BCUT2D eigenvalue weighted by molar-refractivity contribution is 6.74.